The molecule has 0 fully saturated rings. The summed E-state index contributed by atoms with van der Waals surface area (Å²) in [6.45, 7) is -2.01. The number of ether oxygens (including phenoxy) is 1. The van der Waals surface area contributed by atoms with Gasteiger partial charge in [0, 0.05) is 17.8 Å². The van der Waals surface area contributed by atoms with Crippen molar-refractivity contribution in [3.63, 3.8) is 0 Å². The number of hydrogen-bond donors (Lipinski definition) is 0. The zero-order valence-electron chi connectivity index (χ0n) is 8.12. The van der Waals surface area contributed by atoms with E-state index in [1.807, 2.05) is 0 Å². The van der Waals surface area contributed by atoms with Gasteiger partial charge in [-0.15, -0.1) is 0 Å². The number of halogens is 2. The van der Waals surface area contributed by atoms with Crippen LogP contribution < -0.4 is 4.74 Å². The molecule has 4 heteroatoms. The first-order valence-electron chi connectivity index (χ1n) is 4.85. The molecule has 0 unspecified atom stereocenters. The Morgan fingerprint density at radius 3 is 2.73 bits per heavy atom. The summed E-state index contributed by atoms with van der Waals surface area (Å²) in [5.41, 5.74) is 1.56. The molecule has 1 heterocycles. The summed E-state index contributed by atoms with van der Waals surface area (Å²) in [6.07, 6.45) is 1.82. The van der Waals surface area contributed by atoms with E-state index >= 15 is 0 Å². The largest absolute Gasteiger partial charge is 0.434 e. The van der Waals surface area contributed by atoms with Crippen LogP contribution in [0.2, 0.25) is 0 Å². The molecule has 0 aliphatic carbocycles. The lowest BCUT2D eigenvalue weighted by molar-refractivity contribution is -0.0499. The zero-order valence-corrected chi connectivity index (χ0v) is 8.12. The van der Waals surface area contributed by atoms with Gasteiger partial charge >= 0.3 is 6.61 Å². The fourth-order valence-electron chi connectivity index (χ4n) is 1.66. The highest BCUT2D eigenvalue weighted by Gasteiger charge is 2.15. The van der Waals surface area contributed by atoms with Crippen LogP contribution >= 0.6 is 0 Å². The SMILES string of the molecule is FC(F)Oc1ccccc1C1=NCCC1. The van der Waals surface area contributed by atoms with Crippen molar-refractivity contribution in [3.8, 4) is 5.75 Å². The van der Waals surface area contributed by atoms with Gasteiger partial charge < -0.3 is 4.74 Å². The maximum Gasteiger partial charge on any atom is 0.387 e. The van der Waals surface area contributed by atoms with Gasteiger partial charge in [0.25, 0.3) is 0 Å². The van der Waals surface area contributed by atoms with Gasteiger partial charge in [-0.3, -0.25) is 4.99 Å². The Hall–Kier alpha value is -1.45. The standard InChI is InChI=1S/C11H11F2NO/c12-11(13)15-10-6-2-1-4-8(10)9-5-3-7-14-9/h1-2,4,6,11H,3,5,7H2. The molecule has 2 nitrogen and oxygen atoms in total. The maximum absolute atomic E-state index is 12.1. The summed E-state index contributed by atoms with van der Waals surface area (Å²) in [6, 6.07) is 6.79. The van der Waals surface area contributed by atoms with Gasteiger partial charge in [0.2, 0.25) is 0 Å². The van der Waals surface area contributed by atoms with E-state index in [4.69, 9.17) is 0 Å². The van der Waals surface area contributed by atoms with E-state index in [0.29, 0.717) is 5.56 Å². The van der Waals surface area contributed by atoms with Crippen molar-refractivity contribution in [2.75, 3.05) is 6.54 Å². The Balaban J connectivity index is 2.29. The predicted octanol–water partition coefficient (Wildman–Crippen LogP) is 2.87. The van der Waals surface area contributed by atoms with E-state index in [9.17, 15) is 8.78 Å². The molecule has 2 rings (SSSR count). The number of nitrogens with zero attached hydrogens (tertiary/aromatic N) is 1. The van der Waals surface area contributed by atoms with Crippen molar-refractivity contribution in [1.82, 2.24) is 0 Å². The van der Waals surface area contributed by atoms with E-state index in [2.05, 4.69) is 9.73 Å². The van der Waals surface area contributed by atoms with Crippen molar-refractivity contribution in [2.24, 2.45) is 4.99 Å². The highest BCUT2D eigenvalue weighted by Crippen LogP contribution is 2.24. The van der Waals surface area contributed by atoms with Crippen LogP contribution in [0.5, 0.6) is 5.75 Å². The van der Waals surface area contributed by atoms with Gasteiger partial charge in [-0.05, 0) is 25.0 Å². The Kier molecular flexibility index (Phi) is 2.94. The third-order valence-corrected chi connectivity index (χ3v) is 2.29. The van der Waals surface area contributed by atoms with E-state index in [0.717, 1.165) is 25.1 Å². The number of alkyl halides is 2. The second-order valence-corrected chi connectivity index (χ2v) is 3.31. The molecule has 1 aromatic rings. The first-order valence-corrected chi connectivity index (χ1v) is 4.85. The minimum absolute atomic E-state index is 0.216. The third kappa shape index (κ3) is 2.32. The monoisotopic (exact) mass is 211 g/mol. The molecule has 0 spiro atoms. The zero-order chi connectivity index (χ0) is 10.7. The molecule has 0 radical (unpaired) electrons. The van der Waals surface area contributed by atoms with Gasteiger partial charge in [-0.25, -0.2) is 0 Å². The van der Waals surface area contributed by atoms with E-state index in [1.165, 1.54) is 0 Å². The quantitative estimate of drug-likeness (QED) is 0.753. The average molecular weight is 211 g/mol. The molecular formula is C11H11F2NO. The van der Waals surface area contributed by atoms with Crippen molar-refractivity contribution in [3.05, 3.63) is 29.8 Å². The fraction of sp³-hybridized carbons (Fsp3) is 0.364. The highest BCUT2D eigenvalue weighted by atomic mass is 19.3. The van der Waals surface area contributed by atoms with E-state index < -0.39 is 6.61 Å². The van der Waals surface area contributed by atoms with E-state index in [1.54, 1.807) is 24.3 Å². The van der Waals surface area contributed by atoms with Crippen molar-refractivity contribution < 1.29 is 13.5 Å². The molecule has 80 valence electrons. The molecule has 15 heavy (non-hydrogen) atoms. The van der Waals surface area contributed by atoms with Crippen LogP contribution in [0.3, 0.4) is 0 Å². The van der Waals surface area contributed by atoms with Crippen LogP contribution in [-0.2, 0) is 0 Å². The number of aliphatic imine (C=N–C) groups is 1. The van der Waals surface area contributed by atoms with Crippen LogP contribution in [0.15, 0.2) is 29.3 Å². The predicted molar refractivity (Wildman–Crippen MR) is 53.7 cm³/mol. The summed E-state index contributed by atoms with van der Waals surface area (Å²) in [7, 11) is 0. The topological polar surface area (TPSA) is 21.6 Å². The maximum atomic E-state index is 12.1. The molecule has 1 aliphatic heterocycles. The number of para-hydroxylation sites is 1. The smallest absolute Gasteiger partial charge is 0.387 e. The summed E-state index contributed by atoms with van der Waals surface area (Å²) < 4.78 is 28.7. The number of rotatable bonds is 3. The van der Waals surface area contributed by atoms with E-state index in [-0.39, 0.29) is 5.75 Å². The van der Waals surface area contributed by atoms with Crippen molar-refractivity contribution >= 4 is 5.71 Å². The summed E-state index contributed by atoms with van der Waals surface area (Å²) >= 11 is 0. The summed E-state index contributed by atoms with van der Waals surface area (Å²) in [4.78, 5) is 4.27. The Bertz CT molecular complexity index is 377. The lowest BCUT2D eigenvalue weighted by Gasteiger charge is -2.09. The van der Waals surface area contributed by atoms with Crippen LogP contribution in [0.4, 0.5) is 8.78 Å². The number of hydrogen-bond acceptors (Lipinski definition) is 2. The molecule has 0 amide bonds. The molecule has 0 atom stereocenters. The van der Waals surface area contributed by atoms with Crippen molar-refractivity contribution in [2.45, 2.75) is 19.5 Å². The minimum Gasteiger partial charge on any atom is -0.434 e. The lowest BCUT2D eigenvalue weighted by atomic mass is 10.1. The first kappa shape index (κ1) is 10.1. The van der Waals surface area contributed by atoms with Crippen LogP contribution in [-0.4, -0.2) is 18.9 Å². The van der Waals surface area contributed by atoms with Crippen LogP contribution in [0.1, 0.15) is 18.4 Å². The van der Waals surface area contributed by atoms with Crippen LogP contribution in [0.25, 0.3) is 0 Å². The Labute approximate surface area is 86.6 Å². The normalized spacial score (nSPS) is 15.5. The molecule has 0 bridgehead atoms. The van der Waals surface area contributed by atoms with Crippen LogP contribution in [0, 0.1) is 0 Å². The highest BCUT2D eigenvalue weighted by molar-refractivity contribution is 6.03. The fourth-order valence-corrected chi connectivity index (χ4v) is 1.66. The Morgan fingerprint density at radius 2 is 2.07 bits per heavy atom. The van der Waals surface area contributed by atoms with Gasteiger partial charge in [0.05, 0.1) is 0 Å². The van der Waals surface area contributed by atoms with Crippen molar-refractivity contribution in [1.29, 1.82) is 0 Å². The average Bonchev–Trinajstić information content (AvgIpc) is 2.70. The van der Waals surface area contributed by atoms with Gasteiger partial charge in [0.15, 0.2) is 0 Å². The Morgan fingerprint density at radius 1 is 1.27 bits per heavy atom. The van der Waals surface area contributed by atoms with Gasteiger partial charge in [-0.2, -0.15) is 8.78 Å². The molecule has 1 aliphatic rings. The summed E-state index contributed by atoms with van der Waals surface area (Å²) in [5, 5.41) is 0. The van der Waals surface area contributed by atoms with Gasteiger partial charge in [0.1, 0.15) is 5.75 Å². The molecule has 0 saturated heterocycles. The molecule has 0 saturated carbocycles. The first-order chi connectivity index (χ1) is 7.27. The second kappa shape index (κ2) is 4.38. The molecule has 1 aromatic carbocycles. The molecule has 0 N–H and O–H groups in total. The summed E-state index contributed by atoms with van der Waals surface area (Å²) in [5.74, 6) is 0.216. The third-order valence-electron chi connectivity index (χ3n) is 2.29. The van der Waals surface area contributed by atoms with Gasteiger partial charge in [-0.1, -0.05) is 12.1 Å². The second-order valence-electron chi connectivity index (χ2n) is 3.31. The molecular weight excluding hydrogens is 200 g/mol. The lowest BCUT2D eigenvalue weighted by Crippen LogP contribution is -2.07. The molecule has 0 aromatic heterocycles. The minimum atomic E-state index is -2.78. The number of benzene rings is 1.